The number of hydrogen-bond acceptors (Lipinski definition) is 4. The molecule has 1 saturated heterocycles. The number of rotatable bonds is 5. The second-order valence-electron chi connectivity index (χ2n) is 7.15. The van der Waals surface area contributed by atoms with Gasteiger partial charge in [-0.1, -0.05) is 6.92 Å². The first-order valence-electron chi connectivity index (χ1n) is 8.79. The molecule has 2 unspecified atom stereocenters. The zero-order chi connectivity index (χ0) is 16.2. The van der Waals surface area contributed by atoms with E-state index in [1.807, 2.05) is 12.5 Å². The SMILES string of the molecule is CC1CCN(CC(O)CNC(=O)C2CCn3cncc3C2)CC1. The van der Waals surface area contributed by atoms with Crippen LogP contribution < -0.4 is 5.32 Å². The number of aliphatic hydroxyl groups excluding tert-OH is 1. The number of aryl methyl sites for hydroxylation is 1. The van der Waals surface area contributed by atoms with Crippen molar-refractivity contribution in [3.63, 3.8) is 0 Å². The van der Waals surface area contributed by atoms with E-state index in [9.17, 15) is 9.90 Å². The van der Waals surface area contributed by atoms with Crippen LogP contribution in [0, 0.1) is 11.8 Å². The minimum atomic E-state index is -0.485. The zero-order valence-corrected chi connectivity index (χ0v) is 13.9. The van der Waals surface area contributed by atoms with Gasteiger partial charge in [-0.15, -0.1) is 0 Å². The summed E-state index contributed by atoms with van der Waals surface area (Å²) < 4.78 is 2.11. The van der Waals surface area contributed by atoms with E-state index >= 15 is 0 Å². The number of β-amino-alcohol motifs (C(OH)–C–C–N with tert-alkyl or cyclic N) is 1. The van der Waals surface area contributed by atoms with Crippen molar-refractivity contribution in [2.45, 2.75) is 45.3 Å². The molecule has 6 heteroatoms. The monoisotopic (exact) mass is 320 g/mol. The van der Waals surface area contributed by atoms with Gasteiger partial charge >= 0.3 is 0 Å². The fourth-order valence-electron chi connectivity index (χ4n) is 3.56. The smallest absolute Gasteiger partial charge is 0.223 e. The predicted molar refractivity (Wildman–Crippen MR) is 87.9 cm³/mol. The molecule has 0 aliphatic carbocycles. The van der Waals surface area contributed by atoms with Crippen LogP contribution in [-0.4, -0.2) is 57.7 Å². The largest absolute Gasteiger partial charge is 0.390 e. The fraction of sp³-hybridized carbons (Fsp3) is 0.765. The normalized spacial score (nSPS) is 24.2. The standard InChI is InChI=1S/C17H28N4O2/c1-13-2-5-20(6-3-13)11-16(22)10-19-17(23)14-4-7-21-12-18-9-15(21)8-14/h9,12-14,16,22H,2-8,10-11H2,1H3,(H,19,23). The average molecular weight is 320 g/mol. The summed E-state index contributed by atoms with van der Waals surface area (Å²) >= 11 is 0. The molecule has 1 fully saturated rings. The molecule has 0 aromatic carbocycles. The van der Waals surface area contributed by atoms with Crippen molar-refractivity contribution in [3.8, 4) is 0 Å². The third-order valence-corrected chi connectivity index (χ3v) is 5.20. The highest BCUT2D eigenvalue weighted by molar-refractivity contribution is 5.79. The van der Waals surface area contributed by atoms with Crippen molar-refractivity contribution >= 4 is 5.91 Å². The molecule has 1 amide bonds. The lowest BCUT2D eigenvalue weighted by molar-refractivity contribution is -0.126. The molecule has 1 aromatic heterocycles. The quantitative estimate of drug-likeness (QED) is 0.836. The van der Waals surface area contributed by atoms with E-state index in [1.54, 1.807) is 0 Å². The summed E-state index contributed by atoms with van der Waals surface area (Å²) in [6, 6.07) is 0. The van der Waals surface area contributed by atoms with E-state index in [1.165, 1.54) is 12.8 Å². The number of aromatic nitrogens is 2. The number of amides is 1. The first kappa shape index (κ1) is 16.5. The lowest BCUT2D eigenvalue weighted by Crippen LogP contribution is -2.44. The van der Waals surface area contributed by atoms with Gasteiger partial charge in [0.15, 0.2) is 0 Å². The maximum absolute atomic E-state index is 12.3. The third-order valence-electron chi connectivity index (χ3n) is 5.20. The molecule has 3 rings (SSSR count). The second-order valence-corrected chi connectivity index (χ2v) is 7.15. The van der Waals surface area contributed by atoms with Gasteiger partial charge in [0, 0.05) is 43.9 Å². The van der Waals surface area contributed by atoms with E-state index in [0.717, 1.165) is 44.1 Å². The van der Waals surface area contributed by atoms with Crippen molar-refractivity contribution in [1.82, 2.24) is 19.8 Å². The highest BCUT2D eigenvalue weighted by Gasteiger charge is 2.25. The van der Waals surface area contributed by atoms with Gasteiger partial charge in [0.25, 0.3) is 0 Å². The van der Waals surface area contributed by atoms with Crippen LogP contribution in [0.15, 0.2) is 12.5 Å². The Bertz CT molecular complexity index is 522. The van der Waals surface area contributed by atoms with E-state index in [2.05, 4.69) is 26.7 Å². The number of likely N-dealkylation sites (tertiary alicyclic amines) is 1. The maximum Gasteiger partial charge on any atom is 0.223 e. The van der Waals surface area contributed by atoms with Crippen LogP contribution in [-0.2, 0) is 17.8 Å². The van der Waals surface area contributed by atoms with E-state index in [-0.39, 0.29) is 11.8 Å². The molecule has 0 radical (unpaired) electrons. The van der Waals surface area contributed by atoms with Gasteiger partial charge in [-0.2, -0.15) is 0 Å². The van der Waals surface area contributed by atoms with Crippen LogP contribution in [0.1, 0.15) is 31.9 Å². The first-order chi connectivity index (χ1) is 11.1. The van der Waals surface area contributed by atoms with Crippen molar-refractivity contribution in [3.05, 3.63) is 18.2 Å². The van der Waals surface area contributed by atoms with Gasteiger partial charge in [0.05, 0.1) is 12.4 Å². The maximum atomic E-state index is 12.3. The van der Waals surface area contributed by atoms with Crippen LogP contribution in [0.25, 0.3) is 0 Å². The number of aliphatic hydroxyl groups is 1. The summed E-state index contributed by atoms with van der Waals surface area (Å²) in [6.07, 6.45) is 7.17. The van der Waals surface area contributed by atoms with Crippen molar-refractivity contribution < 1.29 is 9.90 Å². The highest BCUT2D eigenvalue weighted by atomic mass is 16.3. The average Bonchev–Trinajstić information content (AvgIpc) is 3.02. The summed E-state index contributed by atoms with van der Waals surface area (Å²) in [6.45, 7) is 6.24. The van der Waals surface area contributed by atoms with Crippen LogP contribution in [0.2, 0.25) is 0 Å². The van der Waals surface area contributed by atoms with Crippen LogP contribution in [0.5, 0.6) is 0 Å². The molecule has 23 heavy (non-hydrogen) atoms. The van der Waals surface area contributed by atoms with Crippen LogP contribution in [0.3, 0.4) is 0 Å². The molecular weight excluding hydrogens is 292 g/mol. The molecule has 2 aliphatic heterocycles. The van der Waals surface area contributed by atoms with E-state index in [0.29, 0.717) is 13.1 Å². The second kappa shape index (κ2) is 7.45. The number of nitrogens with zero attached hydrogens (tertiary/aromatic N) is 3. The van der Waals surface area contributed by atoms with Gasteiger partial charge in [-0.05, 0) is 38.3 Å². The van der Waals surface area contributed by atoms with Gasteiger partial charge in [-0.3, -0.25) is 4.79 Å². The molecule has 0 spiro atoms. The number of imidazole rings is 1. The molecule has 2 aliphatic rings. The Kier molecular flexibility index (Phi) is 5.33. The Labute approximate surface area is 137 Å². The minimum Gasteiger partial charge on any atom is -0.390 e. The summed E-state index contributed by atoms with van der Waals surface area (Å²) in [4.78, 5) is 18.7. The molecule has 2 atom stereocenters. The molecule has 3 heterocycles. The summed E-state index contributed by atoms with van der Waals surface area (Å²) in [5.74, 6) is 0.855. The Morgan fingerprint density at radius 2 is 2.17 bits per heavy atom. The lowest BCUT2D eigenvalue weighted by atomic mass is 9.95. The number of carbonyl (C=O) groups is 1. The Morgan fingerprint density at radius 1 is 1.39 bits per heavy atom. The zero-order valence-electron chi connectivity index (χ0n) is 13.9. The summed E-state index contributed by atoms with van der Waals surface area (Å²) in [5.41, 5.74) is 1.12. The highest BCUT2D eigenvalue weighted by Crippen LogP contribution is 2.20. The van der Waals surface area contributed by atoms with Crippen molar-refractivity contribution in [1.29, 1.82) is 0 Å². The predicted octanol–water partition coefficient (Wildman–Crippen LogP) is 0.655. The Hall–Kier alpha value is -1.40. The minimum absolute atomic E-state index is 0.00207. The number of fused-ring (bicyclic) bond motifs is 1. The lowest BCUT2D eigenvalue weighted by Gasteiger charge is -2.31. The van der Waals surface area contributed by atoms with Crippen molar-refractivity contribution in [2.24, 2.45) is 11.8 Å². The number of hydrogen-bond donors (Lipinski definition) is 2. The molecule has 128 valence electrons. The van der Waals surface area contributed by atoms with Gasteiger partial charge in [-0.25, -0.2) is 4.98 Å². The van der Waals surface area contributed by atoms with Crippen LogP contribution in [0.4, 0.5) is 0 Å². The van der Waals surface area contributed by atoms with Gasteiger partial charge in [0.1, 0.15) is 0 Å². The summed E-state index contributed by atoms with van der Waals surface area (Å²) in [7, 11) is 0. The Balaban J connectivity index is 1.39. The molecule has 0 bridgehead atoms. The van der Waals surface area contributed by atoms with Crippen molar-refractivity contribution in [2.75, 3.05) is 26.2 Å². The topological polar surface area (TPSA) is 70.4 Å². The first-order valence-corrected chi connectivity index (χ1v) is 8.79. The van der Waals surface area contributed by atoms with Gasteiger partial charge < -0.3 is 19.9 Å². The van der Waals surface area contributed by atoms with E-state index < -0.39 is 6.10 Å². The third kappa shape index (κ3) is 4.32. The Morgan fingerprint density at radius 3 is 2.96 bits per heavy atom. The molecule has 1 aromatic rings. The number of piperidine rings is 1. The summed E-state index contributed by atoms with van der Waals surface area (Å²) in [5, 5.41) is 13.1. The number of carbonyl (C=O) groups excluding carboxylic acids is 1. The van der Waals surface area contributed by atoms with E-state index in [4.69, 9.17) is 0 Å². The number of nitrogens with one attached hydrogen (secondary N) is 1. The molecule has 0 saturated carbocycles. The fourth-order valence-corrected chi connectivity index (χ4v) is 3.56. The van der Waals surface area contributed by atoms with Crippen LogP contribution >= 0.6 is 0 Å². The molecule has 6 nitrogen and oxygen atoms in total. The van der Waals surface area contributed by atoms with Gasteiger partial charge in [0.2, 0.25) is 5.91 Å². The molecular formula is C17H28N4O2. The molecule has 2 N–H and O–H groups in total.